The maximum atomic E-state index is 12.1. The number of hydrogen-bond acceptors (Lipinski definition) is 2. The molecular weight excluding hydrogens is 256 g/mol. The van der Waals surface area contributed by atoms with E-state index in [0.717, 1.165) is 0 Å². The molecule has 0 radical (unpaired) electrons. The molecule has 2 aromatic rings. The van der Waals surface area contributed by atoms with Crippen molar-refractivity contribution in [2.75, 3.05) is 6.51 Å². The highest BCUT2D eigenvalue weighted by Gasteiger charge is 2.24. The molecule has 0 spiro atoms. The Morgan fingerprint density at radius 1 is 0.789 bits per heavy atom. The van der Waals surface area contributed by atoms with Crippen LogP contribution in [0.1, 0.15) is 0 Å². The third-order valence-corrected chi connectivity index (χ3v) is 2.22. The van der Waals surface area contributed by atoms with Gasteiger partial charge in [0.05, 0.1) is 6.51 Å². The molecule has 0 atom stereocenters. The summed E-state index contributed by atoms with van der Waals surface area (Å²) in [7, 11) is 0. The Bertz CT molecular complexity index is 529. The van der Waals surface area contributed by atoms with Crippen LogP contribution in [0.2, 0.25) is 0 Å². The van der Waals surface area contributed by atoms with E-state index in [-0.39, 0.29) is 5.75 Å². The van der Waals surface area contributed by atoms with Gasteiger partial charge in [0.1, 0.15) is 17.2 Å². The van der Waals surface area contributed by atoms with Gasteiger partial charge in [-0.2, -0.15) is 0 Å². The Hall–Kier alpha value is -2.11. The lowest BCUT2D eigenvalue weighted by molar-refractivity contribution is 0.312. The van der Waals surface area contributed by atoms with Gasteiger partial charge in [-0.3, -0.25) is 0 Å². The summed E-state index contributed by atoms with van der Waals surface area (Å²) in [6.45, 7) is -6.21. The molecule has 2 nitrogen and oxygen atoms in total. The van der Waals surface area contributed by atoms with Crippen LogP contribution in [0, 0.1) is 0 Å². The topological polar surface area (TPSA) is 18.5 Å². The van der Waals surface area contributed by atoms with E-state index in [4.69, 9.17) is 4.74 Å². The van der Waals surface area contributed by atoms with Gasteiger partial charge in [-0.05, 0) is 24.3 Å². The maximum absolute atomic E-state index is 12.1. The number of ether oxygens (including phenoxy) is 2. The lowest BCUT2D eigenvalue weighted by Gasteiger charge is -2.15. The van der Waals surface area contributed by atoms with Crippen molar-refractivity contribution >= 4 is 6.98 Å². The summed E-state index contributed by atoms with van der Waals surface area (Å²) < 4.78 is 46.5. The van der Waals surface area contributed by atoms with Crippen molar-refractivity contribution in [2.45, 2.75) is 0 Å². The molecule has 0 N–H and O–H groups in total. The molecule has 0 bridgehead atoms. The fourth-order valence-electron chi connectivity index (χ4n) is 1.44. The fraction of sp³-hybridized carbons (Fsp3) is 0.0769. The first-order chi connectivity index (χ1) is 9.03. The average molecular weight is 267 g/mol. The van der Waals surface area contributed by atoms with Crippen LogP contribution in [0.15, 0.2) is 54.6 Å². The number of halogens is 3. The van der Waals surface area contributed by atoms with Crippen molar-refractivity contribution in [3.8, 4) is 17.2 Å². The third kappa shape index (κ3) is 4.58. The van der Waals surface area contributed by atoms with Crippen molar-refractivity contribution in [3.63, 3.8) is 0 Å². The second-order valence-corrected chi connectivity index (χ2v) is 3.91. The van der Waals surface area contributed by atoms with E-state index in [9.17, 15) is 12.9 Å². The summed E-state index contributed by atoms with van der Waals surface area (Å²) in [5.74, 6) is 1.17. The molecule has 0 aliphatic rings. The molecule has 2 aromatic carbocycles. The Morgan fingerprint density at radius 2 is 1.42 bits per heavy atom. The molecule has 0 amide bonds. The van der Waals surface area contributed by atoms with Gasteiger partial charge in [0.2, 0.25) is 0 Å². The highest BCUT2D eigenvalue weighted by atomic mass is 19.4. The SMILES string of the molecule is F[B-](F)(F)COc1cccc(Oc2ccccc2)c1. The Kier molecular flexibility index (Phi) is 3.99. The summed E-state index contributed by atoms with van der Waals surface area (Å²) in [5, 5.41) is 0. The van der Waals surface area contributed by atoms with Gasteiger partial charge in [0.15, 0.2) is 0 Å². The molecule has 6 heteroatoms. The van der Waals surface area contributed by atoms with Crippen LogP contribution in [-0.2, 0) is 0 Å². The van der Waals surface area contributed by atoms with Crippen LogP contribution in [0.4, 0.5) is 12.9 Å². The van der Waals surface area contributed by atoms with Crippen LogP contribution in [0.3, 0.4) is 0 Å². The van der Waals surface area contributed by atoms with Crippen molar-refractivity contribution in [3.05, 3.63) is 54.6 Å². The van der Waals surface area contributed by atoms with E-state index >= 15 is 0 Å². The molecule has 0 aromatic heterocycles. The van der Waals surface area contributed by atoms with E-state index in [1.807, 2.05) is 18.2 Å². The second kappa shape index (κ2) is 5.69. The zero-order valence-corrected chi connectivity index (χ0v) is 9.93. The second-order valence-electron chi connectivity index (χ2n) is 3.91. The number of benzene rings is 2. The van der Waals surface area contributed by atoms with Crippen molar-refractivity contribution < 1.29 is 22.4 Å². The van der Waals surface area contributed by atoms with E-state index in [0.29, 0.717) is 11.5 Å². The minimum absolute atomic E-state index is 0.132. The summed E-state index contributed by atoms with van der Waals surface area (Å²) >= 11 is 0. The maximum Gasteiger partial charge on any atom is 0.515 e. The molecule has 0 aliphatic heterocycles. The number of para-hydroxylation sites is 1. The van der Waals surface area contributed by atoms with Gasteiger partial charge in [0.25, 0.3) is 0 Å². The first kappa shape index (κ1) is 13.3. The van der Waals surface area contributed by atoms with Crippen molar-refractivity contribution in [2.24, 2.45) is 0 Å². The van der Waals surface area contributed by atoms with Gasteiger partial charge in [-0.1, -0.05) is 24.3 Å². The molecule has 0 fully saturated rings. The highest BCUT2D eigenvalue weighted by molar-refractivity contribution is 6.58. The van der Waals surface area contributed by atoms with Crippen LogP contribution >= 0.6 is 0 Å². The molecule has 100 valence electrons. The average Bonchev–Trinajstić information content (AvgIpc) is 2.37. The van der Waals surface area contributed by atoms with Crippen LogP contribution in [-0.4, -0.2) is 13.5 Å². The van der Waals surface area contributed by atoms with E-state index < -0.39 is 13.5 Å². The lowest BCUT2D eigenvalue weighted by atomic mass is 9.95. The minimum atomic E-state index is -4.96. The first-order valence-corrected chi connectivity index (χ1v) is 5.70. The minimum Gasteiger partial charge on any atom is -0.522 e. The van der Waals surface area contributed by atoms with Gasteiger partial charge < -0.3 is 22.4 Å². The monoisotopic (exact) mass is 267 g/mol. The van der Waals surface area contributed by atoms with Crippen LogP contribution in [0.25, 0.3) is 0 Å². The molecule has 0 saturated carbocycles. The fourth-order valence-corrected chi connectivity index (χ4v) is 1.44. The lowest BCUT2D eigenvalue weighted by Crippen LogP contribution is -2.26. The predicted octanol–water partition coefficient (Wildman–Crippen LogP) is 4.24. The normalized spacial score (nSPS) is 11.1. The zero-order chi connectivity index (χ0) is 13.7. The molecular formula is C13H11BF3O2-. The first-order valence-electron chi connectivity index (χ1n) is 5.70. The van der Waals surface area contributed by atoms with Crippen molar-refractivity contribution in [1.82, 2.24) is 0 Å². The van der Waals surface area contributed by atoms with Gasteiger partial charge in [0, 0.05) is 6.07 Å². The van der Waals surface area contributed by atoms with Crippen LogP contribution < -0.4 is 9.47 Å². The van der Waals surface area contributed by atoms with Gasteiger partial charge in [-0.25, -0.2) is 0 Å². The van der Waals surface area contributed by atoms with Crippen LogP contribution in [0.5, 0.6) is 17.2 Å². The standard InChI is InChI=1S/C13H11BF3O2/c15-14(16,17)10-18-12-7-4-8-13(9-12)19-11-5-2-1-3-6-11/h1-9H,10H2/q-1. The molecule has 19 heavy (non-hydrogen) atoms. The number of rotatable bonds is 5. The quantitative estimate of drug-likeness (QED) is 0.754. The molecule has 0 saturated heterocycles. The molecule has 2 rings (SSSR count). The Morgan fingerprint density at radius 3 is 2.11 bits per heavy atom. The van der Waals surface area contributed by atoms with E-state index in [1.165, 1.54) is 12.1 Å². The van der Waals surface area contributed by atoms with Gasteiger partial charge >= 0.3 is 6.98 Å². The highest BCUT2D eigenvalue weighted by Crippen LogP contribution is 2.25. The predicted molar refractivity (Wildman–Crippen MR) is 67.5 cm³/mol. The molecule has 0 aliphatic carbocycles. The Balaban J connectivity index is 2.03. The van der Waals surface area contributed by atoms with Gasteiger partial charge in [-0.15, -0.1) is 0 Å². The van der Waals surface area contributed by atoms with E-state index in [2.05, 4.69) is 4.74 Å². The number of hydrogen-bond donors (Lipinski definition) is 0. The zero-order valence-electron chi connectivity index (χ0n) is 9.93. The van der Waals surface area contributed by atoms with Crippen molar-refractivity contribution in [1.29, 1.82) is 0 Å². The smallest absolute Gasteiger partial charge is 0.515 e. The molecule has 0 heterocycles. The molecule has 0 unspecified atom stereocenters. The summed E-state index contributed by atoms with van der Waals surface area (Å²) in [4.78, 5) is 0. The largest absolute Gasteiger partial charge is 0.522 e. The summed E-state index contributed by atoms with van der Waals surface area (Å²) in [6, 6.07) is 15.1. The summed E-state index contributed by atoms with van der Waals surface area (Å²) in [6.07, 6.45) is 0. The summed E-state index contributed by atoms with van der Waals surface area (Å²) in [5.41, 5.74) is 0. The van der Waals surface area contributed by atoms with E-state index in [1.54, 1.807) is 24.3 Å². The Labute approximate surface area is 108 Å². The third-order valence-electron chi connectivity index (χ3n) is 2.22.